The molecule has 26 heavy (non-hydrogen) atoms. The molecule has 0 aliphatic heterocycles. The van der Waals surface area contributed by atoms with Gasteiger partial charge < -0.3 is 19.9 Å². The van der Waals surface area contributed by atoms with E-state index in [4.69, 9.17) is 4.74 Å². The first-order chi connectivity index (χ1) is 12.4. The molecule has 0 saturated heterocycles. The molecular formula is C19H25N3O3S. The molecule has 2 aromatic rings. The van der Waals surface area contributed by atoms with Crippen LogP contribution in [0.15, 0.2) is 35.7 Å². The number of nitrogens with one attached hydrogen (secondary N) is 1. The zero-order valence-corrected chi connectivity index (χ0v) is 16.4. The summed E-state index contributed by atoms with van der Waals surface area (Å²) in [5, 5.41) is 4.79. The van der Waals surface area contributed by atoms with Crippen LogP contribution in [0, 0.1) is 0 Å². The number of carbonyl (C=O) groups excluding carboxylic acids is 2. The second-order valence-corrected chi connectivity index (χ2v) is 7.05. The van der Waals surface area contributed by atoms with Gasteiger partial charge in [-0.25, -0.2) is 0 Å². The molecule has 1 N–H and O–H groups in total. The number of rotatable bonds is 8. The predicted molar refractivity (Wildman–Crippen MR) is 106 cm³/mol. The summed E-state index contributed by atoms with van der Waals surface area (Å²) in [6.07, 6.45) is 0. The Hall–Kier alpha value is -2.38. The smallest absolute Gasteiger partial charge is 0.265 e. The largest absolute Gasteiger partial charge is 0.383 e. The highest BCUT2D eigenvalue weighted by Crippen LogP contribution is 2.25. The van der Waals surface area contributed by atoms with E-state index in [0.717, 1.165) is 11.3 Å². The van der Waals surface area contributed by atoms with Crippen molar-refractivity contribution in [2.75, 3.05) is 44.6 Å². The fraction of sp³-hybridized carbons (Fsp3) is 0.368. The van der Waals surface area contributed by atoms with Gasteiger partial charge in [-0.2, -0.15) is 0 Å². The molecule has 7 heteroatoms. The molecule has 6 nitrogen and oxygen atoms in total. The molecule has 0 radical (unpaired) electrons. The van der Waals surface area contributed by atoms with Crippen molar-refractivity contribution < 1.29 is 14.3 Å². The molecule has 0 aliphatic rings. The van der Waals surface area contributed by atoms with E-state index in [9.17, 15) is 9.59 Å². The van der Waals surface area contributed by atoms with Gasteiger partial charge in [0.15, 0.2) is 0 Å². The van der Waals surface area contributed by atoms with Crippen LogP contribution in [-0.2, 0) is 16.1 Å². The number of amides is 2. The summed E-state index contributed by atoms with van der Waals surface area (Å²) in [5.41, 5.74) is 2.67. The second-order valence-electron chi connectivity index (χ2n) is 6.10. The standard InChI is InChI=1S/C19H25N3O3S/c1-14(23)22(9-10-25-4)13-15-12-16(7-8-17(15)21(2)3)20-19(24)18-6-5-11-26-18/h5-8,11-12H,9-10,13H2,1-4H3,(H,20,24). The van der Waals surface area contributed by atoms with Crippen LogP contribution < -0.4 is 10.2 Å². The fourth-order valence-electron chi connectivity index (χ4n) is 2.58. The van der Waals surface area contributed by atoms with Crippen LogP contribution in [0.4, 0.5) is 11.4 Å². The summed E-state index contributed by atoms with van der Waals surface area (Å²) in [7, 11) is 5.52. The molecule has 1 heterocycles. The summed E-state index contributed by atoms with van der Waals surface area (Å²) in [4.78, 5) is 28.6. The number of methoxy groups -OCH3 is 1. The number of thiophene rings is 1. The van der Waals surface area contributed by atoms with Crippen LogP contribution in [-0.4, -0.2) is 51.1 Å². The van der Waals surface area contributed by atoms with Crippen molar-refractivity contribution in [3.63, 3.8) is 0 Å². The average Bonchev–Trinajstić information content (AvgIpc) is 3.13. The molecule has 1 aromatic carbocycles. The lowest BCUT2D eigenvalue weighted by molar-refractivity contribution is -0.130. The number of hydrogen-bond donors (Lipinski definition) is 1. The van der Waals surface area contributed by atoms with Crippen LogP contribution in [0.1, 0.15) is 22.2 Å². The minimum Gasteiger partial charge on any atom is -0.383 e. The van der Waals surface area contributed by atoms with Crippen LogP contribution in [0.25, 0.3) is 0 Å². The molecule has 0 saturated carbocycles. The Morgan fingerprint density at radius 1 is 1.23 bits per heavy atom. The average molecular weight is 375 g/mol. The number of nitrogens with zero attached hydrogens (tertiary/aromatic N) is 2. The topological polar surface area (TPSA) is 61.9 Å². The molecule has 140 valence electrons. The maximum Gasteiger partial charge on any atom is 0.265 e. The van der Waals surface area contributed by atoms with Crippen LogP contribution in [0.5, 0.6) is 0 Å². The highest BCUT2D eigenvalue weighted by Gasteiger charge is 2.15. The van der Waals surface area contributed by atoms with E-state index in [1.807, 2.05) is 48.6 Å². The lowest BCUT2D eigenvalue weighted by Crippen LogP contribution is -2.32. The van der Waals surface area contributed by atoms with Crippen molar-refractivity contribution in [3.8, 4) is 0 Å². The number of benzene rings is 1. The van der Waals surface area contributed by atoms with Gasteiger partial charge in [-0.05, 0) is 35.2 Å². The molecule has 0 bridgehead atoms. The third-order valence-electron chi connectivity index (χ3n) is 3.94. The molecule has 2 amide bonds. The SMILES string of the molecule is COCCN(Cc1cc(NC(=O)c2cccs2)ccc1N(C)C)C(C)=O. The van der Waals surface area contributed by atoms with E-state index in [0.29, 0.717) is 30.3 Å². The van der Waals surface area contributed by atoms with Gasteiger partial charge in [0.25, 0.3) is 5.91 Å². The first-order valence-corrected chi connectivity index (χ1v) is 9.20. The summed E-state index contributed by atoms with van der Waals surface area (Å²) in [5.74, 6) is -0.147. The maximum atomic E-state index is 12.3. The van der Waals surface area contributed by atoms with Crippen molar-refractivity contribution in [2.45, 2.75) is 13.5 Å². The van der Waals surface area contributed by atoms with Gasteiger partial charge >= 0.3 is 0 Å². The van der Waals surface area contributed by atoms with Crippen molar-refractivity contribution in [1.29, 1.82) is 0 Å². The van der Waals surface area contributed by atoms with Crippen molar-refractivity contribution in [2.24, 2.45) is 0 Å². The quantitative estimate of drug-likeness (QED) is 0.770. The van der Waals surface area contributed by atoms with Crippen LogP contribution >= 0.6 is 11.3 Å². The van der Waals surface area contributed by atoms with Crippen molar-refractivity contribution in [1.82, 2.24) is 4.90 Å². The van der Waals surface area contributed by atoms with Crippen molar-refractivity contribution in [3.05, 3.63) is 46.2 Å². The zero-order chi connectivity index (χ0) is 19.1. The number of anilines is 2. The lowest BCUT2D eigenvalue weighted by Gasteiger charge is -2.25. The summed E-state index contributed by atoms with van der Waals surface area (Å²) in [6, 6.07) is 9.38. The van der Waals surface area contributed by atoms with Crippen LogP contribution in [0.2, 0.25) is 0 Å². The summed E-state index contributed by atoms with van der Waals surface area (Å²) in [6.45, 7) is 3.00. The lowest BCUT2D eigenvalue weighted by atomic mass is 10.1. The molecule has 0 fully saturated rings. The second kappa shape index (κ2) is 9.35. The van der Waals surface area contributed by atoms with E-state index in [2.05, 4.69) is 5.32 Å². The highest BCUT2D eigenvalue weighted by molar-refractivity contribution is 7.12. The Kier molecular flexibility index (Phi) is 7.17. The molecular weight excluding hydrogens is 350 g/mol. The Bertz CT molecular complexity index is 744. The van der Waals surface area contributed by atoms with E-state index in [1.54, 1.807) is 25.0 Å². The van der Waals surface area contributed by atoms with Gasteiger partial charge in [0.1, 0.15) is 0 Å². The van der Waals surface area contributed by atoms with E-state index < -0.39 is 0 Å². The fourth-order valence-corrected chi connectivity index (χ4v) is 3.20. The third kappa shape index (κ3) is 5.31. The first-order valence-electron chi connectivity index (χ1n) is 8.32. The number of hydrogen-bond acceptors (Lipinski definition) is 5. The first kappa shape index (κ1) is 19.9. The minimum atomic E-state index is -0.133. The van der Waals surface area contributed by atoms with Gasteiger partial charge in [-0.3, -0.25) is 9.59 Å². The molecule has 2 rings (SSSR count). The van der Waals surface area contributed by atoms with E-state index in [-0.39, 0.29) is 11.8 Å². The molecule has 0 unspecified atom stereocenters. The number of ether oxygens (including phenoxy) is 1. The summed E-state index contributed by atoms with van der Waals surface area (Å²) >= 11 is 1.40. The van der Waals surface area contributed by atoms with E-state index in [1.165, 1.54) is 11.3 Å². The van der Waals surface area contributed by atoms with E-state index >= 15 is 0 Å². The Balaban J connectivity index is 2.24. The van der Waals surface area contributed by atoms with Gasteiger partial charge in [0, 0.05) is 52.6 Å². The Morgan fingerprint density at radius 2 is 2.00 bits per heavy atom. The van der Waals surface area contributed by atoms with Crippen LogP contribution in [0.3, 0.4) is 0 Å². The normalized spacial score (nSPS) is 10.5. The monoisotopic (exact) mass is 375 g/mol. The predicted octanol–water partition coefficient (Wildman–Crippen LogP) is 3.06. The van der Waals surface area contributed by atoms with Gasteiger partial charge in [-0.1, -0.05) is 6.07 Å². The molecule has 0 aliphatic carbocycles. The Labute approximate surface area is 158 Å². The molecule has 1 aromatic heterocycles. The Morgan fingerprint density at radius 3 is 2.58 bits per heavy atom. The molecule has 0 spiro atoms. The minimum absolute atomic E-state index is 0.0141. The molecule has 0 atom stereocenters. The third-order valence-corrected chi connectivity index (χ3v) is 4.80. The van der Waals surface area contributed by atoms with Gasteiger partial charge in [-0.15, -0.1) is 11.3 Å². The van der Waals surface area contributed by atoms with Crippen molar-refractivity contribution >= 4 is 34.5 Å². The van der Waals surface area contributed by atoms with Gasteiger partial charge in [0.2, 0.25) is 5.91 Å². The zero-order valence-electron chi connectivity index (χ0n) is 15.6. The van der Waals surface area contributed by atoms with Gasteiger partial charge in [0.05, 0.1) is 11.5 Å². The maximum absolute atomic E-state index is 12.3. The highest BCUT2D eigenvalue weighted by atomic mass is 32.1. The number of carbonyl (C=O) groups is 2. The summed E-state index contributed by atoms with van der Waals surface area (Å²) < 4.78 is 5.10.